The number of amides is 2. The van der Waals surface area contributed by atoms with Crippen molar-refractivity contribution in [3.63, 3.8) is 0 Å². The van der Waals surface area contributed by atoms with Crippen molar-refractivity contribution >= 4 is 6.03 Å². The van der Waals surface area contributed by atoms with Crippen LogP contribution in [-0.2, 0) is 4.74 Å². The number of hydrogen-bond donors (Lipinski definition) is 2. The Morgan fingerprint density at radius 1 is 1.36 bits per heavy atom. The Hall–Kier alpha value is -0.770. The fraction of sp³-hybridized carbons (Fsp3) is 0.900. The molecule has 1 heterocycles. The van der Waals surface area contributed by atoms with Gasteiger partial charge < -0.3 is 15.4 Å². The van der Waals surface area contributed by atoms with Gasteiger partial charge in [0.1, 0.15) is 0 Å². The molecule has 2 amide bonds. The van der Waals surface area contributed by atoms with Gasteiger partial charge in [-0.05, 0) is 25.2 Å². The van der Waals surface area contributed by atoms with Crippen LogP contribution in [0.5, 0.6) is 0 Å². The third-order valence-corrected chi connectivity index (χ3v) is 2.43. The Balaban J connectivity index is 2.03. The molecule has 82 valence electrons. The molecule has 0 aliphatic carbocycles. The Morgan fingerprint density at radius 2 is 2.07 bits per heavy atom. The fourth-order valence-electron chi connectivity index (χ4n) is 1.49. The number of carbonyl (C=O) groups is 1. The van der Waals surface area contributed by atoms with Crippen LogP contribution in [0.15, 0.2) is 0 Å². The van der Waals surface area contributed by atoms with Gasteiger partial charge in [-0.25, -0.2) is 4.79 Å². The molecule has 4 nitrogen and oxygen atoms in total. The summed E-state index contributed by atoms with van der Waals surface area (Å²) in [7, 11) is 0. The van der Waals surface area contributed by atoms with Gasteiger partial charge in [0, 0.05) is 26.3 Å². The van der Waals surface area contributed by atoms with Gasteiger partial charge in [0.05, 0.1) is 0 Å². The fourth-order valence-corrected chi connectivity index (χ4v) is 1.49. The highest BCUT2D eigenvalue weighted by Gasteiger charge is 2.13. The van der Waals surface area contributed by atoms with Crippen molar-refractivity contribution in [3.8, 4) is 0 Å². The van der Waals surface area contributed by atoms with Crippen LogP contribution in [0.3, 0.4) is 0 Å². The lowest BCUT2D eigenvalue weighted by molar-refractivity contribution is 0.0669. The first kappa shape index (κ1) is 11.3. The molecular formula is C10H20N2O2. The molecule has 0 aromatic rings. The van der Waals surface area contributed by atoms with E-state index in [0.717, 1.165) is 45.6 Å². The van der Waals surface area contributed by atoms with Crippen molar-refractivity contribution in [2.24, 2.45) is 5.92 Å². The Labute approximate surface area is 85.4 Å². The molecule has 1 rings (SSSR count). The standard InChI is InChI=1S/C10H20N2O2/c1-2-5-11-10(13)12-8-9-3-6-14-7-4-9/h9H,2-8H2,1H3,(H2,11,12,13). The van der Waals surface area contributed by atoms with E-state index in [1.807, 2.05) is 6.92 Å². The topological polar surface area (TPSA) is 50.4 Å². The minimum absolute atomic E-state index is 0.0432. The molecule has 0 bridgehead atoms. The lowest BCUT2D eigenvalue weighted by atomic mass is 10.0. The number of nitrogens with one attached hydrogen (secondary N) is 2. The second kappa shape index (κ2) is 6.65. The lowest BCUT2D eigenvalue weighted by Crippen LogP contribution is -2.39. The van der Waals surface area contributed by atoms with Crippen molar-refractivity contribution in [1.29, 1.82) is 0 Å². The third kappa shape index (κ3) is 4.46. The van der Waals surface area contributed by atoms with Crippen LogP contribution >= 0.6 is 0 Å². The van der Waals surface area contributed by atoms with E-state index in [0.29, 0.717) is 5.92 Å². The van der Waals surface area contributed by atoms with Gasteiger partial charge in [-0.3, -0.25) is 0 Å². The van der Waals surface area contributed by atoms with Gasteiger partial charge >= 0.3 is 6.03 Å². The monoisotopic (exact) mass is 200 g/mol. The maximum absolute atomic E-state index is 11.2. The zero-order valence-corrected chi connectivity index (χ0v) is 8.84. The SMILES string of the molecule is CCCNC(=O)NCC1CCOCC1. The van der Waals surface area contributed by atoms with E-state index in [2.05, 4.69) is 10.6 Å². The third-order valence-electron chi connectivity index (χ3n) is 2.43. The molecule has 0 spiro atoms. The van der Waals surface area contributed by atoms with Gasteiger partial charge in [-0.2, -0.15) is 0 Å². The Bertz CT molecular complexity index is 168. The quantitative estimate of drug-likeness (QED) is 0.714. The van der Waals surface area contributed by atoms with E-state index in [1.54, 1.807) is 0 Å². The van der Waals surface area contributed by atoms with Crippen LogP contribution in [0.2, 0.25) is 0 Å². The highest BCUT2D eigenvalue weighted by molar-refractivity contribution is 5.73. The smallest absolute Gasteiger partial charge is 0.314 e. The normalized spacial score (nSPS) is 17.8. The molecular weight excluding hydrogens is 180 g/mol. The molecule has 1 saturated heterocycles. The summed E-state index contributed by atoms with van der Waals surface area (Å²) in [6, 6.07) is -0.0432. The molecule has 0 radical (unpaired) electrons. The van der Waals surface area contributed by atoms with Crippen LogP contribution in [0, 0.1) is 5.92 Å². The zero-order valence-electron chi connectivity index (χ0n) is 8.84. The highest BCUT2D eigenvalue weighted by atomic mass is 16.5. The summed E-state index contributed by atoms with van der Waals surface area (Å²) in [5.41, 5.74) is 0. The van der Waals surface area contributed by atoms with E-state index < -0.39 is 0 Å². The van der Waals surface area contributed by atoms with E-state index in [-0.39, 0.29) is 6.03 Å². The first-order chi connectivity index (χ1) is 6.83. The number of urea groups is 1. The molecule has 0 saturated carbocycles. The largest absolute Gasteiger partial charge is 0.381 e. The van der Waals surface area contributed by atoms with Crippen molar-refractivity contribution in [2.75, 3.05) is 26.3 Å². The van der Waals surface area contributed by atoms with Gasteiger partial charge in [0.25, 0.3) is 0 Å². The summed E-state index contributed by atoms with van der Waals surface area (Å²) in [6.45, 7) is 5.24. The maximum Gasteiger partial charge on any atom is 0.314 e. The average molecular weight is 200 g/mol. The minimum Gasteiger partial charge on any atom is -0.381 e. The van der Waals surface area contributed by atoms with Crippen molar-refractivity contribution < 1.29 is 9.53 Å². The van der Waals surface area contributed by atoms with Crippen LogP contribution in [0.4, 0.5) is 4.79 Å². The summed E-state index contributed by atoms with van der Waals surface area (Å²) in [5, 5.41) is 5.67. The van der Waals surface area contributed by atoms with Crippen molar-refractivity contribution in [1.82, 2.24) is 10.6 Å². The summed E-state index contributed by atoms with van der Waals surface area (Å²) in [5.74, 6) is 0.594. The predicted molar refractivity (Wildman–Crippen MR) is 55.2 cm³/mol. The van der Waals surface area contributed by atoms with Gasteiger partial charge in [0.15, 0.2) is 0 Å². The second-order valence-corrected chi connectivity index (χ2v) is 3.69. The zero-order chi connectivity index (χ0) is 10.2. The van der Waals surface area contributed by atoms with Crippen LogP contribution in [0.25, 0.3) is 0 Å². The van der Waals surface area contributed by atoms with E-state index >= 15 is 0 Å². The van der Waals surface area contributed by atoms with Gasteiger partial charge in [-0.15, -0.1) is 0 Å². The van der Waals surface area contributed by atoms with E-state index in [1.165, 1.54) is 0 Å². The molecule has 0 atom stereocenters. The number of hydrogen-bond acceptors (Lipinski definition) is 2. The van der Waals surface area contributed by atoms with E-state index in [9.17, 15) is 4.79 Å². The number of carbonyl (C=O) groups excluding carboxylic acids is 1. The predicted octanol–water partition coefficient (Wildman–Crippen LogP) is 1.12. The highest BCUT2D eigenvalue weighted by Crippen LogP contribution is 2.12. The Morgan fingerprint density at radius 3 is 2.71 bits per heavy atom. The lowest BCUT2D eigenvalue weighted by Gasteiger charge is -2.22. The maximum atomic E-state index is 11.2. The van der Waals surface area contributed by atoms with Crippen molar-refractivity contribution in [3.05, 3.63) is 0 Å². The molecule has 1 fully saturated rings. The summed E-state index contributed by atoms with van der Waals surface area (Å²) in [4.78, 5) is 11.2. The van der Waals surface area contributed by atoms with Gasteiger partial charge in [-0.1, -0.05) is 6.92 Å². The number of ether oxygens (including phenoxy) is 1. The molecule has 1 aliphatic heterocycles. The molecule has 0 unspecified atom stereocenters. The molecule has 4 heteroatoms. The minimum atomic E-state index is -0.0432. The van der Waals surface area contributed by atoms with Crippen LogP contribution < -0.4 is 10.6 Å². The summed E-state index contributed by atoms with van der Waals surface area (Å²) < 4.78 is 5.24. The summed E-state index contributed by atoms with van der Waals surface area (Å²) >= 11 is 0. The summed E-state index contributed by atoms with van der Waals surface area (Å²) in [6.07, 6.45) is 3.10. The molecule has 0 aromatic heterocycles. The first-order valence-corrected chi connectivity index (χ1v) is 5.42. The van der Waals surface area contributed by atoms with Crippen LogP contribution in [0.1, 0.15) is 26.2 Å². The van der Waals surface area contributed by atoms with Crippen LogP contribution in [-0.4, -0.2) is 32.3 Å². The Kier molecular flexibility index (Phi) is 5.37. The number of rotatable bonds is 4. The first-order valence-electron chi connectivity index (χ1n) is 5.42. The molecule has 14 heavy (non-hydrogen) atoms. The molecule has 0 aromatic carbocycles. The van der Waals surface area contributed by atoms with Crippen molar-refractivity contribution in [2.45, 2.75) is 26.2 Å². The molecule has 2 N–H and O–H groups in total. The van der Waals surface area contributed by atoms with Gasteiger partial charge in [0.2, 0.25) is 0 Å². The average Bonchev–Trinajstić information content (AvgIpc) is 2.25. The van der Waals surface area contributed by atoms with E-state index in [4.69, 9.17) is 4.74 Å². The second-order valence-electron chi connectivity index (χ2n) is 3.69. The molecule has 1 aliphatic rings.